The highest BCUT2D eigenvalue weighted by Crippen LogP contribution is 2.34. The smallest absolute Gasteiger partial charge is 0.404 e. The molecule has 6 nitrogen and oxygen atoms in total. The van der Waals surface area contributed by atoms with Crippen LogP contribution in [-0.2, 0) is 0 Å². The van der Waals surface area contributed by atoms with E-state index in [0.717, 1.165) is 12.2 Å². The fourth-order valence-electron chi connectivity index (χ4n) is 4.15. The molecule has 0 aromatic heterocycles. The van der Waals surface area contributed by atoms with Crippen molar-refractivity contribution in [3.8, 4) is 0 Å². The van der Waals surface area contributed by atoms with Crippen molar-refractivity contribution in [2.24, 2.45) is 0 Å². The maximum atomic E-state index is 10.8. The quantitative estimate of drug-likeness (QED) is 0.413. The summed E-state index contributed by atoms with van der Waals surface area (Å²) in [6.45, 7) is 3.91. The number of carboxylic acid groups (broad SMARTS) is 1. The Hall–Kier alpha value is -3.67. The van der Waals surface area contributed by atoms with Crippen LogP contribution in [0.2, 0.25) is 0 Å². The van der Waals surface area contributed by atoms with Gasteiger partial charge in [0.15, 0.2) is 0 Å². The molecule has 3 rings (SSSR count). The zero-order valence-electron chi connectivity index (χ0n) is 20.8. The first kappa shape index (κ1) is 25.0. The Labute approximate surface area is 203 Å². The predicted octanol–water partition coefficient (Wildman–Crippen LogP) is 5.09. The van der Waals surface area contributed by atoms with Crippen LogP contribution >= 0.6 is 0 Å². The van der Waals surface area contributed by atoms with Gasteiger partial charge in [-0.15, -0.1) is 0 Å². The van der Waals surface area contributed by atoms with Crippen molar-refractivity contribution in [1.29, 1.82) is 0 Å². The van der Waals surface area contributed by atoms with Crippen molar-refractivity contribution in [2.75, 3.05) is 62.5 Å². The highest BCUT2D eigenvalue weighted by Gasteiger charge is 2.18. The fourth-order valence-corrected chi connectivity index (χ4v) is 4.15. The molecule has 0 fully saturated rings. The van der Waals surface area contributed by atoms with Gasteiger partial charge in [-0.2, -0.15) is 0 Å². The first-order valence-electron chi connectivity index (χ1n) is 11.7. The molecule has 2 N–H and O–H groups in total. The van der Waals surface area contributed by atoms with E-state index >= 15 is 0 Å². The van der Waals surface area contributed by atoms with Crippen LogP contribution < -0.4 is 20.0 Å². The number of anilines is 3. The normalized spacial score (nSPS) is 10.8. The van der Waals surface area contributed by atoms with E-state index in [1.807, 2.05) is 0 Å². The minimum absolute atomic E-state index is 0.116. The summed E-state index contributed by atoms with van der Waals surface area (Å²) in [7, 11) is 8.21. The number of benzene rings is 3. The Bertz CT molecular complexity index is 994. The molecular weight excluding hydrogens is 424 g/mol. The van der Waals surface area contributed by atoms with Gasteiger partial charge in [-0.05, 0) is 60.0 Å². The molecule has 3 aromatic carbocycles. The second-order valence-electron chi connectivity index (χ2n) is 8.81. The summed E-state index contributed by atoms with van der Waals surface area (Å²) in [5.41, 5.74) is 7.15. The third kappa shape index (κ3) is 6.22. The number of amides is 1. The van der Waals surface area contributed by atoms with Crippen molar-refractivity contribution in [1.82, 2.24) is 5.32 Å². The Balaban J connectivity index is 1.93. The SMILES string of the molecule is CCN(CCNC(=O)O)c1ccc(C(c2ccc(N(C)C)cc2)c2ccc(N(C)C)cc2)cc1. The molecule has 0 unspecified atom stereocenters. The number of carbonyl (C=O) groups is 1. The van der Waals surface area contributed by atoms with Gasteiger partial charge in [0.1, 0.15) is 0 Å². The minimum Gasteiger partial charge on any atom is -0.465 e. The number of hydrogen-bond donors (Lipinski definition) is 2. The van der Waals surface area contributed by atoms with Crippen molar-refractivity contribution >= 4 is 23.2 Å². The molecule has 0 aliphatic heterocycles. The molecule has 0 saturated heterocycles. The molecule has 180 valence electrons. The van der Waals surface area contributed by atoms with Crippen molar-refractivity contribution in [2.45, 2.75) is 12.8 Å². The number of rotatable bonds is 10. The molecule has 0 spiro atoms. The highest BCUT2D eigenvalue weighted by atomic mass is 16.4. The summed E-state index contributed by atoms with van der Waals surface area (Å²) < 4.78 is 0. The topological polar surface area (TPSA) is 59.1 Å². The maximum absolute atomic E-state index is 10.8. The van der Waals surface area contributed by atoms with E-state index in [0.29, 0.717) is 13.1 Å². The Kier molecular flexibility index (Phi) is 8.41. The third-order valence-corrected chi connectivity index (χ3v) is 6.12. The van der Waals surface area contributed by atoms with Gasteiger partial charge in [-0.25, -0.2) is 4.79 Å². The molecule has 34 heavy (non-hydrogen) atoms. The van der Waals surface area contributed by atoms with Gasteiger partial charge >= 0.3 is 6.09 Å². The standard InChI is InChI=1S/C28H36N4O2/c1-6-32(20-19-29-28(33)34)26-17-11-23(12-18-26)27(21-7-13-24(14-8-21)30(2)3)22-9-15-25(16-10-22)31(4)5/h7-18,27,29H,6,19-20H2,1-5H3,(H,33,34). The van der Waals surface area contributed by atoms with Crippen LogP contribution in [0.15, 0.2) is 72.8 Å². The monoisotopic (exact) mass is 460 g/mol. The van der Waals surface area contributed by atoms with E-state index in [-0.39, 0.29) is 5.92 Å². The first-order valence-corrected chi connectivity index (χ1v) is 11.7. The van der Waals surface area contributed by atoms with Crippen LogP contribution in [0.4, 0.5) is 21.9 Å². The molecule has 6 heteroatoms. The molecule has 3 aromatic rings. The summed E-state index contributed by atoms with van der Waals surface area (Å²) in [5.74, 6) is 0.116. The molecule has 0 radical (unpaired) electrons. The second kappa shape index (κ2) is 11.5. The Morgan fingerprint density at radius 3 is 1.44 bits per heavy atom. The predicted molar refractivity (Wildman–Crippen MR) is 143 cm³/mol. The summed E-state index contributed by atoms with van der Waals surface area (Å²) in [6.07, 6.45) is -0.991. The fraction of sp³-hybridized carbons (Fsp3) is 0.321. The Morgan fingerprint density at radius 2 is 1.12 bits per heavy atom. The van der Waals surface area contributed by atoms with Crippen molar-refractivity contribution in [3.05, 3.63) is 89.5 Å². The number of nitrogens with one attached hydrogen (secondary N) is 1. The lowest BCUT2D eigenvalue weighted by atomic mass is 9.85. The minimum atomic E-state index is -0.991. The summed E-state index contributed by atoms with van der Waals surface area (Å²) >= 11 is 0. The first-order chi connectivity index (χ1) is 16.3. The van der Waals surface area contributed by atoms with Crippen LogP contribution in [0, 0.1) is 0 Å². The van der Waals surface area contributed by atoms with Gasteiger partial charge in [-0.1, -0.05) is 36.4 Å². The van der Waals surface area contributed by atoms with Crippen LogP contribution in [-0.4, -0.2) is 59.0 Å². The van der Waals surface area contributed by atoms with E-state index in [1.165, 1.54) is 28.1 Å². The van der Waals surface area contributed by atoms with E-state index in [9.17, 15) is 4.79 Å². The molecule has 0 aliphatic carbocycles. The van der Waals surface area contributed by atoms with Crippen molar-refractivity contribution < 1.29 is 9.90 Å². The summed E-state index contributed by atoms with van der Waals surface area (Å²) in [4.78, 5) is 17.2. The van der Waals surface area contributed by atoms with E-state index in [2.05, 4.69) is 128 Å². The largest absolute Gasteiger partial charge is 0.465 e. The molecule has 0 bridgehead atoms. The Morgan fingerprint density at radius 1 is 0.735 bits per heavy atom. The van der Waals surface area contributed by atoms with Crippen LogP contribution in [0.25, 0.3) is 0 Å². The number of hydrogen-bond acceptors (Lipinski definition) is 4. The lowest BCUT2D eigenvalue weighted by molar-refractivity contribution is 0.195. The van der Waals surface area contributed by atoms with Gasteiger partial charge in [0.05, 0.1) is 0 Å². The molecular formula is C28H36N4O2. The summed E-state index contributed by atoms with van der Waals surface area (Å²) in [6, 6.07) is 26.2. The molecule has 0 aliphatic rings. The zero-order chi connectivity index (χ0) is 24.7. The lowest BCUT2D eigenvalue weighted by Crippen LogP contribution is -2.34. The zero-order valence-corrected chi connectivity index (χ0v) is 20.8. The van der Waals surface area contributed by atoms with Gasteiger partial charge in [0, 0.05) is 70.8 Å². The second-order valence-corrected chi connectivity index (χ2v) is 8.81. The molecule has 1 amide bonds. The van der Waals surface area contributed by atoms with E-state index in [1.54, 1.807) is 0 Å². The van der Waals surface area contributed by atoms with Gasteiger partial charge in [0.25, 0.3) is 0 Å². The van der Waals surface area contributed by atoms with Crippen LogP contribution in [0.5, 0.6) is 0 Å². The molecule has 0 atom stereocenters. The lowest BCUT2D eigenvalue weighted by Gasteiger charge is -2.25. The van der Waals surface area contributed by atoms with Crippen LogP contribution in [0.3, 0.4) is 0 Å². The highest BCUT2D eigenvalue weighted by molar-refractivity contribution is 5.64. The average Bonchev–Trinajstić information content (AvgIpc) is 2.83. The number of nitrogens with zero attached hydrogens (tertiary/aromatic N) is 3. The molecule has 0 saturated carbocycles. The third-order valence-electron chi connectivity index (χ3n) is 6.12. The van der Waals surface area contributed by atoms with E-state index < -0.39 is 6.09 Å². The summed E-state index contributed by atoms with van der Waals surface area (Å²) in [5, 5.41) is 11.3. The number of likely N-dealkylation sites (N-methyl/N-ethyl adjacent to an activating group) is 1. The molecule has 0 heterocycles. The van der Waals surface area contributed by atoms with Crippen molar-refractivity contribution in [3.63, 3.8) is 0 Å². The van der Waals surface area contributed by atoms with Gasteiger partial charge in [0.2, 0.25) is 0 Å². The maximum Gasteiger partial charge on any atom is 0.404 e. The van der Waals surface area contributed by atoms with Crippen LogP contribution in [0.1, 0.15) is 29.5 Å². The van der Waals surface area contributed by atoms with Gasteiger partial charge in [-0.3, -0.25) is 0 Å². The van der Waals surface area contributed by atoms with E-state index in [4.69, 9.17) is 5.11 Å². The average molecular weight is 461 g/mol. The van der Waals surface area contributed by atoms with Gasteiger partial charge < -0.3 is 25.1 Å².